The fraction of sp³-hybridized carbons (Fsp3) is 0.660. The summed E-state index contributed by atoms with van der Waals surface area (Å²) in [6.45, 7) is 6.74. The molecule has 18 nitrogen and oxygen atoms in total. The first-order valence-electron chi connectivity index (χ1n) is 22.3. The quantitative estimate of drug-likeness (QED) is 0.174. The van der Waals surface area contributed by atoms with Gasteiger partial charge in [0.15, 0.2) is 12.1 Å². The molecule has 0 spiro atoms. The second kappa shape index (κ2) is 27.4. The second-order valence-corrected chi connectivity index (χ2v) is 17.6. The van der Waals surface area contributed by atoms with Crippen LogP contribution in [0.5, 0.6) is 0 Å². The number of carboxylic acid groups (broad SMARTS) is 1. The number of aliphatic hydroxyl groups excluding tert-OH is 9. The zero-order chi connectivity index (χ0) is 48.4. The summed E-state index contributed by atoms with van der Waals surface area (Å²) in [4.78, 5) is 25.1. The van der Waals surface area contributed by atoms with Crippen LogP contribution in [-0.4, -0.2) is 166 Å². The van der Waals surface area contributed by atoms with E-state index in [9.17, 15) is 65.8 Å². The number of ether oxygens (including phenoxy) is 4. The van der Waals surface area contributed by atoms with Gasteiger partial charge < -0.3 is 80.9 Å². The number of carbonyl (C=O) groups excluding carboxylic acids is 1. The third-order valence-electron chi connectivity index (χ3n) is 12.0. The number of hydrogen-bond acceptors (Lipinski definition) is 17. The Bertz CT molecular complexity index is 1670. The summed E-state index contributed by atoms with van der Waals surface area (Å²) in [6, 6.07) is -1.15. The number of hydrogen-bond donors (Lipinski definition) is 12. The Morgan fingerprint density at radius 1 is 0.662 bits per heavy atom. The lowest BCUT2D eigenvalue weighted by atomic mass is 9.82. The number of aliphatic carboxylic acids is 1. The highest BCUT2D eigenvalue weighted by Crippen LogP contribution is 2.38. The molecule has 368 valence electrons. The zero-order valence-electron chi connectivity index (χ0n) is 37.6. The van der Waals surface area contributed by atoms with Crippen LogP contribution in [-0.2, 0) is 28.5 Å². The van der Waals surface area contributed by atoms with E-state index < -0.39 is 147 Å². The first kappa shape index (κ1) is 55.9. The molecule has 0 aromatic carbocycles. The molecule has 0 saturated carbocycles. The van der Waals surface area contributed by atoms with Crippen LogP contribution in [0.3, 0.4) is 0 Å². The van der Waals surface area contributed by atoms with Gasteiger partial charge in [-0.3, -0.25) is 9.59 Å². The average Bonchev–Trinajstić information content (AvgIpc) is 3.21. The van der Waals surface area contributed by atoms with Crippen LogP contribution < -0.4 is 5.73 Å². The third-order valence-corrected chi connectivity index (χ3v) is 12.0. The standard InChI is InChI=1S/C47H73NO17/c1-27-17-15-13-11-9-7-5-6-8-10-12-14-16-18-34(64-46-44(58)41(48)43(57)30(4)63-46)24-38-40(45(59)60)37(54)26-47(61,65-38)25-33(51)22-36(53)35(52)20-19-31(49)21-32(50)23-39(55)62-29(3)28(2)42(27)56/h5-18,27-38,40-44,46,49-54,56-58,61H,19-26,48H2,1-4H3,(H,59,60)/b6-5+,9-7+,10-8+,13-11+,14-12+,17-15+,18-16+/t27-,28-,29-,30+,31+,32+,33-,34-,35+,36+,37-,38-,40+,41-,42+,43-,44-,46?,47+/m0/s1. The Hall–Kier alpha value is -3.44. The van der Waals surface area contributed by atoms with Gasteiger partial charge in [-0.05, 0) is 33.1 Å². The van der Waals surface area contributed by atoms with Crippen molar-refractivity contribution in [2.45, 2.75) is 177 Å². The number of fused-ring (bicyclic) bond motifs is 2. The van der Waals surface area contributed by atoms with Gasteiger partial charge in [0.05, 0.1) is 79.6 Å². The highest BCUT2D eigenvalue weighted by molar-refractivity contribution is 5.71. The van der Waals surface area contributed by atoms with Crippen molar-refractivity contribution >= 4 is 11.9 Å². The lowest BCUT2D eigenvalue weighted by Crippen LogP contribution is -2.61. The van der Waals surface area contributed by atoms with Crippen molar-refractivity contribution in [3.63, 3.8) is 0 Å². The van der Waals surface area contributed by atoms with Gasteiger partial charge in [-0.15, -0.1) is 0 Å². The summed E-state index contributed by atoms with van der Waals surface area (Å²) >= 11 is 0. The van der Waals surface area contributed by atoms with Crippen molar-refractivity contribution in [1.82, 2.24) is 0 Å². The van der Waals surface area contributed by atoms with Crippen molar-refractivity contribution < 1.29 is 84.7 Å². The molecular formula is C47H73NO17. The molecule has 1 unspecified atom stereocenters. The number of allylic oxidation sites excluding steroid dienone is 12. The number of rotatable bonds is 3. The Morgan fingerprint density at radius 3 is 1.82 bits per heavy atom. The van der Waals surface area contributed by atoms with Gasteiger partial charge in [0.25, 0.3) is 0 Å². The Balaban J connectivity index is 1.86. The van der Waals surface area contributed by atoms with Gasteiger partial charge in [-0.1, -0.05) is 98.9 Å². The monoisotopic (exact) mass is 923 g/mol. The minimum Gasteiger partial charge on any atom is -0.481 e. The van der Waals surface area contributed by atoms with Crippen molar-refractivity contribution in [2.75, 3.05) is 0 Å². The van der Waals surface area contributed by atoms with Crippen LogP contribution >= 0.6 is 0 Å². The Kier molecular flexibility index (Phi) is 23.6. The molecule has 0 aromatic rings. The van der Waals surface area contributed by atoms with Crippen LogP contribution in [0.2, 0.25) is 0 Å². The van der Waals surface area contributed by atoms with Gasteiger partial charge >= 0.3 is 11.9 Å². The van der Waals surface area contributed by atoms with E-state index in [2.05, 4.69) is 0 Å². The summed E-state index contributed by atoms with van der Waals surface area (Å²) in [7, 11) is 0. The summed E-state index contributed by atoms with van der Waals surface area (Å²) < 4.78 is 23.1. The molecule has 0 aromatic heterocycles. The molecule has 0 amide bonds. The zero-order valence-corrected chi connectivity index (χ0v) is 37.6. The van der Waals surface area contributed by atoms with E-state index in [1.54, 1.807) is 80.7 Å². The number of carboxylic acids is 1. The van der Waals surface area contributed by atoms with E-state index >= 15 is 0 Å². The lowest BCUT2D eigenvalue weighted by molar-refractivity contribution is -0.308. The molecule has 3 aliphatic rings. The van der Waals surface area contributed by atoms with Crippen molar-refractivity contribution in [3.8, 4) is 0 Å². The van der Waals surface area contributed by atoms with E-state index in [1.807, 2.05) is 19.1 Å². The predicted octanol–water partition coefficient (Wildman–Crippen LogP) is 0.712. The SMILES string of the molecule is C[C@@H]1[C@H](O)[C@@H](C)/C=C/C=C/C=C/C=C/C=C/C=C/C=C/[C@H](OC2O[C@H](C)[C@H](O)[C@H](N)[C@@H]2O)C[C@@H]2O[C@](O)(C[C@@H](O)C[C@@H](O)[C@H](O)CC[C@@H](O)C[C@@H](O)CC(=O)O[C@H]1C)C[C@H](O)[C@H]2C(=O)O. The molecule has 18 heteroatoms. The minimum atomic E-state index is -2.33. The van der Waals surface area contributed by atoms with Crippen LogP contribution in [0.25, 0.3) is 0 Å². The van der Waals surface area contributed by atoms with Crippen LogP contribution in [0.15, 0.2) is 85.1 Å². The second-order valence-electron chi connectivity index (χ2n) is 17.6. The summed E-state index contributed by atoms with van der Waals surface area (Å²) in [5, 5.41) is 118. The maximum Gasteiger partial charge on any atom is 0.311 e. The minimum absolute atomic E-state index is 0.107. The van der Waals surface area contributed by atoms with Crippen LogP contribution in [0.1, 0.15) is 79.1 Å². The summed E-state index contributed by atoms with van der Waals surface area (Å²) in [6.07, 6.45) is 3.46. The molecule has 65 heavy (non-hydrogen) atoms. The predicted molar refractivity (Wildman–Crippen MR) is 237 cm³/mol. The van der Waals surface area contributed by atoms with E-state index in [1.165, 1.54) is 13.0 Å². The van der Waals surface area contributed by atoms with E-state index in [4.69, 9.17) is 24.7 Å². The topological polar surface area (TPSA) is 320 Å². The highest BCUT2D eigenvalue weighted by Gasteiger charge is 2.51. The van der Waals surface area contributed by atoms with Crippen molar-refractivity contribution in [2.24, 2.45) is 23.5 Å². The number of carbonyl (C=O) groups is 2. The third kappa shape index (κ3) is 18.6. The molecule has 19 atom stereocenters. The van der Waals surface area contributed by atoms with Crippen LogP contribution in [0, 0.1) is 17.8 Å². The molecule has 2 fully saturated rings. The van der Waals surface area contributed by atoms with Gasteiger partial charge in [0.2, 0.25) is 0 Å². The summed E-state index contributed by atoms with van der Waals surface area (Å²) in [5.74, 6) is -6.83. The molecular weight excluding hydrogens is 851 g/mol. The van der Waals surface area contributed by atoms with Crippen LogP contribution in [0.4, 0.5) is 0 Å². The van der Waals surface area contributed by atoms with E-state index in [0.717, 1.165) is 0 Å². The molecule has 2 saturated heterocycles. The number of nitrogens with two attached hydrogens (primary N) is 1. The Labute approximate surface area is 381 Å². The largest absolute Gasteiger partial charge is 0.481 e. The molecule has 0 aliphatic carbocycles. The maximum atomic E-state index is 12.6. The van der Waals surface area contributed by atoms with E-state index in [0.29, 0.717) is 0 Å². The fourth-order valence-electron chi connectivity index (χ4n) is 7.97. The molecule has 3 aliphatic heterocycles. The fourth-order valence-corrected chi connectivity index (χ4v) is 7.97. The average molecular weight is 924 g/mol. The highest BCUT2D eigenvalue weighted by atomic mass is 16.7. The maximum absolute atomic E-state index is 12.6. The Morgan fingerprint density at radius 2 is 1.23 bits per heavy atom. The number of cyclic esters (lactones) is 1. The number of aliphatic hydroxyl groups is 10. The molecule has 2 bridgehead atoms. The molecule has 3 rings (SSSR count). The molecule has 13 N–H and O–H groups in total. The van der Waals surface area contributed by atoms with E-state index in [-0.39, 0.29) is 31.6 Å². The van der Waals surface area contributed by atoms with Crippen molar-refractivity contribution in [1.29, 1.82) is 0 Å². The first-order chi connectivity index (χ1) is 30.6. The lowest BCUT2D eigenvalue weighted by Gasteiger charge is -2.45. The number of esters is 1. The normalized spacial score (nSPS) is 45.5. The van der Waals surface area contributed by atoms with Gasteiger partial charge in [0, 0.05) is 37.5 Å². The summed E-state index contributed by atoms with van der Waals surface area (Å²) in [5.41, 5.74) is 6.02. The van der Waals surface area contributed by atoms with Gasteiger partial charge in [-0.25, -0.2) is 0 Å². The smallest absolute Gasteiger partial charge is 0.311 e. The van der Waals surface area contributed by atoms with Gasteiger partial charge in [-0.2, -0.15) is 0 Å². The first-order valence-corrected chi connectivity index (χ1v) is 22.3. The molecule has 0 radical (unpaired) electrons. The molecule has 3 heterocycles. The van der Waals surface area contributed by atoms with Crippen molar-refractivity contribution in [3.05, 3.63) is 85.1 Å². The van der Waals surface area contributed by atoms with Gasteiger partial charge in [0.1, 0.15) is 18.1 Å².